The van der Waals surface area contributed by atoms with Gasteiger partial charge in [-0.1, -0.05) is 0 Å². The average Bonchev–Trinajstić information content (AvgIpc) is 2.93. The number of rotatable bonds is 6. The number of carbonyl (C=O) groups is 1. The van der Waals surface area contributed by atoms with Crippen LogP contribution >= 0.6 is 0 Å². The second-order valence-electron chi connectivity index (χ2n) is 5.72. The second kappa shape index (κ2) is 7.20. The van der Waals surface area contributed by atoms with Gasteiger partial charge in [0.05, 0.1) is 37.1 Å². The molecule has 1 aromatic rings. The van der Waals surface area contributed by atoms with E-state index in [2.05, 4.69) is 5.10 Å². The molecule has 1 fully saturated rings. The molecule has 0 aromatic carbocycles. The zero-order valence-corrected chi connectivity index (χ0v) is 13.0. The summed E-state index contributed by atoms with van der Waals surface area (Å²) in [7, 11) is 0. The Labute approximate surface area is 135 Å². The summed E-state index contributed by atoms with van der Waals surface area (Å²) in [6, 6.07) is -0.365. The smallest absolute Gasteiger partial charge is 0.423 e. The minimum atomic E-state index is -4.79. The first-order valence-corrected chi connectivity index (χ1v) is 7.44. The summed E-state index contributed by atoms with van der Waals surface area (Å²) in [4.78, 5) is 23.8. The van der Waals surface area contributed by atoms with Crippen LogP contribution in [0.4, 0.5) is 18.9 Å². The number of halogens is 3. The summed E-state index contributed by atoms with van der Waals surface area (Å²) in [6.07, 6.45) is -2.57. The number of hydrogen-bond donors (Lipinski definition) is 2. The number of hydrogen-bond acceptors (Lipinski definition) is 5. The highest BCUT2D eigenvalue weighted by atomic mass is 19.4. The maximum atomic E-state index is 13.2. The number of aliphatic carboxylic acids is 1. The van der Waals surface area contributed by atoms with Gasteiger partial charge in [-0.3, -0.25) is 9.59 Å². The van der Waals surface area contributed by atoms with Crippen LogP contribution in [0.2, 0.25) is 0 Å². The fourth-order valence-corrected chi connectivity index (χ4v) is 2.66. The van der Waals surface area contributed by atoms with E-state index in [1.54, 1.807) is 5.10 Å². The van der Waals surface area contributed by atoms with Crippen molar-refractivity contribution in [2.75, 3.05) is 24.7 Å². The number of anilines is 1. The van der Waals surface area contributed by atoms with Crippen LogP contribution in [0, 0.1) is 5.92 Å². The molecule has 0 unspecified atom stereocenters. The van der Waals surface area contributed by atoms with Gasteiger partial charge < -0.3 is 14.7 Å². The SMILES string of the molecule is C[C@@H](COC[C@@H]1CCCN1c1cn[nH]c(=O)c1C(F)(F)F)C(=O)O. The molecule has 10 heteroatoms. The predicted octanol–water partition coefficient (Wildman–Crippen LogP) is 1.49. The first-order valence-electron chi connectivity index (χ1n) is 7.44. The minimum Gasteiger partial charge on any atom is -0.481 e. The third-order valence-electron chi connectivity index (χ3n) is 3.91. The Morgan fingerprint density at radius 3 is 2.92 bits per heavy atom. The van der Waals surface area contributed by atoms with Gasteiger partial charge in [0.1, 0.15) is 5.56 Å². The highest BCUT2D eigenvalue weighted by Gasteiger charge is 2.40. The lowest BCUT2D eigenvalue weighted by atomic mass is 10.2. The van der Waals surface area contributed by atoms with Crippen LogP contribution in [0.15, 0.2) is 11.0 Å². The number of nitrogens with zero attached hydrogens (tertiary/aromatic N) is 2. The van der Waals surface area contributed by atoms with E-state index in [4.69, 9.17) is 9.84 Å². The Morgan fingerprint density at radius 1 is 1.58 bits per heavy atom. The molecule has 0 spiro atoms. The Hall–Kier alpha value is -2.10. The molecule has 24 heavy (non-hydrogen) atoms. The van der Waals surface area contributed by atoms with Gasteiger partial charge in [0.2, 0.25) is 0 Å². The number of alkyl halides is 3. The molecule has 0 bridgehead atoms. The van der Waals surface area contributed by atoms with Gasteiger partial charge >= 0.3 is 12.1 Å². The van der Waals surface area contributed by atoms with Crippen molar-refractivity contribution >= 4 is 11.7 Å². The molecule has 134 valence electrons. The zero-order chi connectivity index (χ0) is 17.9. The van der Waals surface area contributed by atoms with E-state index in [0.29, 0.717) is 19.4 Å². The van der Waals surface area contributed by atoms with E-state index in [-0.39, 0.29) is 24.9 Å². The number of carboxylic acids is 1. The van der Waals surface area contributed by atoms with Crippen molar-refractivity contribution in [1.29, 1.82) is 0 Å². The summed E-state index contributed by atoms with van der Waals surface area (Å²) >= 11 is 0. The van der Waals surface area contributed by atoms with Crippen LogP contribution < -0.4 is 10.5 Å². The van der Waals surface area contributed by atoms with Crippen LogP contribution in [0.3, 0.4) is 0 Å². The van der Waals surface area contributed by atoms with Crippen LogP contribution in [-0.4, -0.2) is 47.1 Å². The number of aromatic nitrogens is 2. The Bertz CT molecular complexity index is 647. The van der Waals surface area contributed by atoms with Crippen molar-refractivity contribution in [3.63, 3.8) is 0 Å². The molecular formula is C14H18F3N3O4. The van der Waals surface area contributed by atoms with Crippen molar-refractivity contribution < 1.29 is 27.8 Å². The maximum absolute atomic E-state index is 13.2. The number of ether oxygens (including phenoxy) is 1. The number of aromatic amines is 1. The lowest BCUT2D eigenvalue weighted by Gasteiger charge is -2.28. The van der Waals surface area contributed by atoms with E-state index in [9.17, 15) is 22.8 Å². The Balaban J connectivity index is 2.15. The molecule has 0 radical (unpaired) electrons. The third-order valence-corrected chi connectivity index (χ3v) is 3.91. The van der Waals surface area contributed by atoms with Gasteiger partial charge in [0.25, 0.3) is 5.56 Å². The molecule has 0 aliphatic carbocycles. The summed E-state index contributed by atoms with van der Waals surface area (Å²) in [5.74, 6) is -1.71. The summed E-state index contributed by atoms with van der Waals surface area (Å²) in [5.41, 5.74) is -2.84. The van der Waals surface area contributed by atoms with E-state index in [1.807, 2.05) is 0 Å². The van der Waals surface area contributed by atoms with Gasteiger partial charge in [-0.25, -0.2) is 5.10 Å². The van der Waals surface area contributed by atoms with Gasteiger partial charge in [-0.15, -0.1) is 0 Å². The summed E-state index contributed by atoms with van der Waals surface area (Å²) in [6.45, 7) is 1.88. The minimum absolute atomic E-state index is 0.0283. The van der Waals surface area contributed by atoms with Crippen molar-refractivity contribution in [3.8, 4) is 0 Å². The Kier molecular flexibility index (Phi) is 5.47. The van der Waals surface area contributed by atoms with Gasteiger partial charge in [0.15, 0.2) is 0 Å². The first-order chi connectivity index (χ1) is 11.2. The molecular weight excluding hydrogens is 331 g/mol. The zero-order valence-electron chi connectivity index (χ0n) is 13.0. The summed E-state index contributed by atoms with van der Waals surface area (Å²) < 4.78 is 44.8. The molecule has 1 saturated heterocycles. The fraction of sp³-hybridized carbons (Fsp3) is 0.643. The van der Waals surface area contributed by atoms with Crippen LogP contribution in [-0.2, 0) is 15.7 Å². The van der Waals surface area contributed by atoms with E-state index in [0.717, 1.165) is 6.20 Å². The van der Waals surface area contributed by atoms with Crippen molar-refractivity contribution in [1.82, 2.24) is 10.2 Å². The van der Waals surface area contributed by atoms with Crippen LogP contribution in [0.5, 0.6) is 0 Å². The standard InChI is InChI=1S/C14H18F3N3O4/c1-8(13(22)23)6-24-7-9-3-2-4-20(9)10-5-18-19-12(21)11(10)14(15,16)17/h5,8-9H,2-4,6-7H2,1H3,(H,19,21)(H,22,23)/t8-,9-/m0/s1. The molecule has 0 saturated carbocycles. The van der Waals surface area contributed by atoms with E-state index in [1.165, 1.54) is 11.8 Å². The predicted molar refractivity (Wildman–Crippen MR) is 77.8 cm³/mol. The van der Waals surface area contributed by atoms with Crippen LogP contribution in [0.25, 0.3) is 0 Å². The largest absolute Gasteiger partial charge is 0.481 e. The molecule has 1 aliphatic rings. The Morgan fingerprint density at radius 2 is 2.29 bits per heavy atom. The van der Waals surface area contributed by atoms with Crippen LogP contribution in [0.1, 0.15) is 25.3 Å². The van der Waals surface area contributed by atoms with Crippen molar-refractivity contribution in [3.05, 3.63) is 22.1 Å². The fourth-order valence-electron chi connectivity index (χ4n) is 2.66. The van der Waals surface area contributed by atoms with E-state index < -0.39 is 29.2 Å². The third kappa shape index (κ3) is 4.05. The van der Waals surface area contributed by atoms with Gasteiger partial charge in [0, 0.05) is 6.54 Å². The average molecular weight is 349 g/mol. The summed E-state index contributed by atoms with van der Waals surface area (Å²) in [5, 5.41) is 14.1. The van der Waals surface area contributed by atoms with Crippen molar-refractivity contribution in [2.24, 2.45) is 5.92 Å². The highest BCUT2D eigenvalue weighted by molar-refractivity contribution is 5.69. The lowest BCUT2D eigenvalue weighted by Crippen LogP contribution is -2.37. The molecule has 0 amide bonds. The molecule has 2 atom stereocenters. The topological polar surface area (TPSA) is 95.5 Å². The number of nitrogens with one attached hydrogen (secondary N) is 1. The molecule has 2 N–H and O–H groups in total. The number of H-pyrrole nitrogens is 1. The number of carboxylic acid groups (broad SMARTS) is 1. The van der Waals surface area contributed by atoms with Gasteiger partial charge in [-0.05, 0) is 19.8 Å². The monoisotopic (exact) mass is 349 g/mol. The van der Waals surface area contributed by atoms with Gasteiger partial charge in [-0.2, -0.15) is 18.3 Å². The van der Waals surface area contributed by atoms with E-state index >= 15 is 0 Å². The lowest BCUT2D eigenvalue weighted by molar-refractivity contribution is -0.143. The normalized spacial score (nSPS) is 19.5. The first kappa shape index (κ1) is 18.2. The molecule has 2 heterocycles. The highest BCUT2D eigenvalue weighted by Crippen LogP contribution is 2.36. The maximum Gasteiger partial charge on any atom is 0.423 e. The molecule has 1 aromatic heterocycles. The quantitative estimate of drug-likeness (QED) is 0.808. The molecule has 2 rings (SSSR count). The molecule has 1 aliphatic heterocycles. The van der Waals surface area contributed by atoms with Crippen molar-refractivity contribution in [2.45, 2.75) is 32.0 Å². The molecule has 7 nitrogen and oxygen atoms in total. The second-order valence-corrected chi connectivity index (χ2v) is 5.72.